The highest BCUT2D eigenvalue weighted by Crippen LogP contribution is 2.29. The van der Waals surface area contributed by atoms with E-state index in [2.05, 4.69) is 15.9 Å². The van der Waals surface area contributed by atoms with Crippen molar-refractivity contribution in [1.82, 2.24) is 0 Å². The molecular formula is C12H16BrNO2. The van der Waals surface area contributed by atoms with Gasteiger partial charge in [0.05, 0.1) is 13.2 Å². The minimum atomic E-state index is -0.0228. The molecule has 0 spiro atoms. The minimum absolute atomic E-state index is 0.0228. The van der Waals surface area contributed by atoms with Gasteiger partial charge in [0.2, 0.25) is 0 Å². The Labute approximate surface area is 104 Å². The van der Waals surface area contributed by atoms with E-state index in [0.717, 1.165) is 28.8 Å². The lowest BCUT2D eigenvalue weighted by Crippen LogP contribution is -2.18. The molecule has 2 atom stereocenters. The quantitative estimate of drug-likeness (QED) is 0.929. The topological polar surface area (TPSA) is 44.5 Å². The van der Waals surface area contributed by atoms with Crippen LogP contribution < -0.4 is 10.5 Å². The molecule has 1 aromatic carbocycles. The van der Waals surface area contributed by atoms with Crippen molar-refractivity contribution < 1.29 is 9.47 Å². The maximum atomic E-state index is 5.91. The van der Waals surface area contributed by atoms with Crippen molar-refractivity contribution in [2.24, 2.45) is 5.73 Å². The van der Waals surface area contributed by atoms with Gasteiger partial charge in [-0.25, -0.2) is 0 Å². The van der Waals surface area contributed by atoms with Crippen LogP contribution in [0.25, 0.3) is 0 Å². The van der Waals surface area contributed by atoms with Gasteiger partial charge in [-0.2, -0.15) is 0 Å². The Morgan fingerprint density at radius 2 is 2.38 bits per heavy atom. The molecule has 1 aromatic rings. The molecule has 16 heavy (non-hydrogen) atoms. The summed E-state index contributed by atoms with van der Waals surface area (Å²) in [4.78, 5) is 0. The summed E-state index contributed by atoms with van der Waals surface area (Å²) in [5.74, 6) is 0.861. The second-order valence-corrected chi connectivity index (χ2v) is 4.99. The zero-order chi connectivity index (χ0) is 11.5. The smallest absolute Gasteiger partial charge is 0.125 e. The summed E-state index contributed by atoms with van der Waals surface area (Å²) >= 11 is 3.44. The van der Waals surface area contributed by atoms with Crippen LogP contribution in [0.3, 0.4) is 0 Å². The first-order chi connectivity index (χ1) is 7.66. The minimum Gasteiger partial charge on any atom is -0.488 e. The molecule has 4 heteroatoms. The highest BCUT2D eigenvalue weighted by atomic mass is 79.9. The lowest BCUT2D eigenvalue weighted by Gasteiger charge is -2.17. The SMILES string of the molecule is CC(N)c1ccc(Br)cc1OC1CCOC1. The van der Waals surface area contributed by atoms with Gasteiger partial charge in [0.15, 0.2) is 0 Å². The van der Waals surface area contributed by atoms with Gasteiger partial charge >= 0.3 is 0 Å². The maximum Gasteiger partial charge on any atom is 0.125 e. The standard InChI is InChI=1S/C12H16BrNO2/c1-8(14)11-3-2-9(13)6-12(11)16-10-4-5-15-7-10/h2-3,6,8,10H,4-5,7,14H2,1H3. The molecule has 0 aromatic heterocycles. The summed E-state index contributed by atoms with van der Waals surface area (Å²) in [6.45, 7) is 3.42. The molecule has 1 aliphatic heterocycles. The summed E-state index contributed by atoms with van der Waals surface area (Å²) in [6, 6.07) is 5.93. The zero-order valence-electron chi connectivity index (χ0n) is 9.28. The first kappa shape index (κ1) is 11.9. The molecule has 0 aliphatic carbocycles. The summed E-state index contributed by atoms with van der Waals surface area (Å²) in [6.07, 6.45) is 1.11. The molecule has 2 rings (SSSR count). The largest absolute Gasteiger partial charge is 0.488 e. The Morgan fingerprint density at radius 3 is 3.00 bits per heavy atom. The first-order valence-corrected chi connectivity index (χ1v) is 6.25. The normalized spacial score (nSPS) is 22.1. The Balaban J connectivity index is 2.19. The van der Waals surface area contributed by atoms with E-state index >= 15 is 0 Å². The molecule has 1 heterocycles. The number of benzene rings is 1. The number of halogens is 1. The number of nitrogens with two attached hydrogens (primary N) is 1. The predicted molar refractivity (Wildman–Crippen MR) is 66.6 cm³/mol. The van der Waals surface area contributed by atoms with Crippen LogP contribution in [-0.4, -0.2) is 19.3 Å². The van der Waals surface area contributed by atoms with E-state index in [1.807, 2.05) is 25.1 Å². The van der Waals surface area contributed by atoms with Gasteiger partial charge in [-0.15, -0.1) is 0 Å². The molecule has 1 fully saturated rings. The monoisotopic (exact) mass is 285 g/mol. The summed E-state index contributed by atoms with van der Waals surface area (Å²) in [5, 5.41) is 0. The van der Waals surface area contributed by atoms with Crippen LogP contribution in [0.1, 0.15) is 24.9 Å². The van der Waals surface area contributed by atoms with Gasteiger partial charge in [-0.05, 0) is 19.1 Å². The molecule has 0 amide bonds. The number of hydrogen-bond donors (Lipinski definition) is 1. The number of ether oxygens (including phenoxy) is 2. The van der Waals surface area contributed by atoms with Gasteiger partial charge in [-0.3, -0.25) is 0 Å². The zero-order valence-corrected chi connectivity index (χ0v) is 10.9. The molecule has 88 valence electrons. The molecular weight excluding hydrogens is 270 g/mol. The predicted octanol–water partition coefficient (Wildman–Crippen LogP) is 2.64. The third-order valence-corrected chi connectivity index (χ3v) is 3.14. The summed E-state index contributed by atoms with van der Waals surface area (Å²) in [5.41, 5.74) is 6.95. The van der Waals surface area contributed by atoms with Crippen LogP contribution in [0.5, 0.6) is 5.75 Å². The van der Waals surface area contributed by atoms with Crippen molar-refractivity contribution in [3.63, 3.8) is 0 Å². The second kappa shape index (κ2) is 5.17. The Morgan fingerprint density at radius 1 is 1.56 bits per heavy atom. The highest BCUT2D eigenvalue weighted by molar-refractivity contribution is 9.10. The van der Waals surface area contributed by atoms with Crippen LogP contribution >= 0.6 is 15.9 Å². The molecule has 0 radical (unpaired) electrons. The van der Waals surface area contributed by atoms with E-state index in [0.29, 0.717) is 6.61 Å². The third-order valence-electron chi connectivity index (χ3n) is 2.65. The van der Waals surface area contributed by atoms with Gasteiger partial charge in [0.1, 0.15) is 11.9 Å². The van der Waals surface area contributed by atoms with E-state index in [-0.39, 0.29) is 12.1 Å². The first-order valence-electron chi connectivity index (χ1n) is 5.46. The van der Waals surface area contributed by atoms with E-state index in [1.54, 1.807) is 0 Å². The lowest BCUT2D eigenvalue weighted by molar-refractivity contribution is 0.140. The Hall–Kier alpha value is -0.580. The van der Waals surface area contributed by atoms with Gasteiger partial charge in [0, 0.05) is 22.5 Å². The van der Waals surface area contributed by atoms with Crippen molar-refractivity contribution in [1.29, 1.82) is 0 Å². The molecule has 3 nitrogen and oxygen atoms in total. The molecule has 1 saturated heterocycles. The van der Waals surface area contributed by atoms with E-state index < -0.39 is 0 Å². The molecule has 0 saturated carbocycles. The lowest BCUT2D eigenvalue weighted by atomic mass is 10.1. The third kappa shape index (κ3) is 2.75. The fourth-order valence-electron chi connectivity index (χ4n) is 1.77. The summed E-state index contributed by atoms with van der Waals surface area (Å²) in [7, 11) is 0. The van der Waals surface area contributed by atoms with E-state index in [9.17, 15) is 0 Å². The van der Waals surface area contributed by atoms with Crippen LogP contribution in [-0.2, 0) is 4.74 Å². The van der Waals surface area contributed by atoms with Crippen molar-refractivity contribution >= 4 is 15.9 Å². The van der Waals surface area contributed by atoms with Crippen LogP contribution in [0, 0.1) is 0 Å². The number of rotatable bonds is 3. The summed E-state index contributed by atoms with van der Waals surface area (Å²) < 4.78 is 12.2. The molecule has 2 N–H and O–H groups in total. The van der Waals surface area contributed by atoms with Gasteiger partial charge in [-0.1, -0.05) is 22.0 Å². The van der Waals surface area contributed by atoms with Crippen LogP contribution in [0.2, 0.25) is 0 Å². The highest BCUT2D eigenvalue weighted by Gasteiger charge is 2.19. The molecule has 2 unspecified atom stereocenters. The Kier molecular flexibility index (Phi) is 3.84. The average Bonchev–Trinajstić information content (AvgIpc) is 2.70. The van der Waals surface area contributed by atoms with Crippen molar-refractivity contribution in [3.8, 4) is 5.75 Å². The fraction of sp³-hybridized carbons (Fsp3) is 0.500. The van der Waals surface area contributed by atoms with Gasteiger partial charge < -0.3 is 15.2 Å². The van der Waals surface area contributed by atoms with Gasteiger partial charge in [0.25, 0.3) is 0 Å². The van der Waals surface area contributed by atoms with E-state index in [4.69, 9.17) is 15.2 Å². The van der Waals surface area contributed by atoms with Crippen molar-refractivity contribution in [2.45, 2.75) is 25.5 Å². The van der Waals surface area contributed by atoms with E-state index in [1.165, 1.54) is 0 Å². The fourth-order valence-corrected chi connectivity index (χ4v) is 2.11. The molecule has 1 aliphatic rings. The number of hydrogen-bond acceptors (Lipinski definition) is 3. The second-order valence-electron chi connectivity index (χ2n) is 4.07. The van der Waals surface area contributed by atoms with Crippen molar-refractivity contribution in [2.75, 3.05) is 13.2 Å². The van der Waals surface area contributed by atoms with Crippen molar-refractivity contribution in [3.05, 3.63) is 28.2 Å². The van der Waals surface area contributed by atoms with Crippen LogP contribution in [0.15, 0.2) is 22.7 Å². The molecule has 0 bridgehead atoms. The van der Waals surface area contributed by atoms with Crippen LogP contribution in [0.4, 0.5) is 0 Å². The maximum absolute atomic E-state index is 5.91. The average molecular weight is 286 g/mol. The Bertz CT molecular complexity index is 362.